The molecule has 0 saturated heterocycles. The van der Waals surface area contributed by atoms with Crippen molar-refractivity contribution in [3.05, 3.63) is 89.2 Å². The Morgan fingerprint density at radius 1 is 1.03 bits per heavy atom. The number of nitrogens with one attached hydrogen (secondary N) is 2. The summed E-state index contributed by atoms with van der Waals surface area (Å²) in [5.74, 6) is -0.761. The van der Waals surface area contributed by atoms with Gasteiger partial charge in [-0.2, -0.15) is 0 Å². The Morgan fingerprint density at radius 3 is 2.26 bits per heavy atom. The third kappa shape index (κ3) is 4.99. The van der Waals surface area contributed by atoms with Crippen molar-refractivity contribution in [3.63, 3.8) is 0 Å². The molecule has 176 valence electrons. The van der Waals surface area contributed by atoms with E-state index in [0.717, 1.165) is 40.5 Å². The Labute approximate surface area is 200 Å². The van der Waals surface area contributed by atoms with Crippen LogP contribution < -0.4 is 10.6 Å². The molecule has 0 fully saturated rings. The number of rotatable bonds is 7. The molecular formula is C27H21FN2O5. The topological polar surface area (TPSA) is 105 Å². The normalized spacial score (nSPS) is 12.6. The van der Waals surface area contributed by atoms with Gasteiger partial charge in [0, 0.05) is 12.3 Å². The van der Waals surface area contributed by atoms with Gasteiger partial charge >= 0.3 is 12.1 Å². The second kappa shape index (κ2) is 10.1. The van der Waals surface area contributed by atoms with Gasteiger partial charge in [-0.25, -0.2) is 14.0 Å². The van der Waals surface area contributed by atoms with Gasteiger partial charge in [0.2, 0.25) is 5.91 Å². The first-order valence-corrected chi connectivity index (χ1v) is 10.8. The second-order valence-electron chi connectivity index (χ2n) is 7.92. The summed E-state index contributed by atoms with van der Waals surface area (Å²) in [7, 11) is 0. The number of carbonyl (C=O) groups excluding carboxylic acids is 2. The number of carboxylic acids is 1. The number of hydrogen-bond acceptors (Lipinski definition) is 4. The number of carbonyl (C=O) groups is 3. The van der Waals surface area contributed by atoms with Crippen LogP contribution in [0.1, 0.15) is 33.8 Å². The van der Waals surface area contributed by atoms with Crippen LogP contribution in [0.15, 0.2) is 66.7 Å². The molecule has 0 aromatic heterocycles. The van der Waals surface area contributed by atoms with Crippen molar-refractivity contribution in [1.82, 2.24) is 5.32 Å². The summed E-state index contributed by atoms with van der Waals surface area (Å²) in [5, 5.41) is 14.0. The van der Waals surface area contributed by atoms with Crippen LogP contribution in [-0.4, -0.2) is 35.7 Å². The Kier molecular flexibility index (Phi) is 6.78. The van der Waals surface area contributed by atoms with Crippen LogP contribution in [0.4, 0.5) is 14.9 Å². The number of halogens is 1. The number of anilines is 1. The van der Waals surface area contributed by atoms with E-state index in [1.165, 1.54) is 0 Å². The lowest BCUT2D eigenvalue weighted by molar-refractivity contribution is -0.118. The molecule has 0 heterocycles. The van der Waals surface area contributed by atoms with Crippen LogP contribution in [0.5, 0.6) is 0 Å². The Balaban J connectivity index is 1.44. The van der Waals surface area contributed by atoms with Crippen molar-refractivity contribution >= 4 is 23.7 Å². The highest BCUT2D eigenvalue weighted by atomic mass is 19.1. The molecule has 1 atom stereocenters. The largest absolute Gasteiger partial charge is 0.478 e. The van der Waals surface area contributed by atoms with Crippen LogP contribution in [0.3, 0.4) is 0 Å². The molecule has 35 heavy (non-hydrogen) atoms. The van der Waals surface area contributed by atoms with E-state index < -0.39 is 29.8 Å². The number of alkyl carbamates (subject to hydrolysis) is 1. The van der Waals surface area contributed by atoms with E-state index in [-0.39, 0.29) is 30.2 Å². The standard InChI is InChI=1S/C27H21FN2O5/c1-2-7-23(25(31)29-24-14-16(28)12-13-21(24)26(32)33)30-27(34)35-15-22-19-10-5-3-8-17(19)18-9-4-6-11-20(18)22/h1,3-6,8-14,22-23H,7,15H2,(H,29,31)(H,30,34)(H,32,33). The van der Waals surface area contributed by atoms with Gasteiger partial charge in [-0.3, -0.25) is 4.79 Å². The fraction of sp³-hybridized carbons (Fsp3) is 0.148. The lowest BCUT2D eigenvalue weighted by Gasteiger charge is -2.19. The number of fused-ring (bicyclic) bond motifs is 3. The molecule has 0 aliphatic heterocycles. The van der Waals surface area contributed by atoms with Crippen LogP contribution in [0.25, 0.3) is 11.1 Å². The van der Waals surface area contributed by atoms with E-state index >= 15 is 0 Å². The van der Waals surface area contributed by atoms with Crippen molar-refractivity contribution in [2.75, 3.05) is 11.9 Å². The van der Waals surface area contributed by atoms with Gasteiger partial charge in [0.1, 0.15) is 18.5 Å². The fourth-order valence-electron chi connectivity index (χ4n) is 4.14. The van der Waals surface area contributed by atoms with E-state index in [1.54, 1.807) is 0 Å². The molecule has 0 bridgehead atoms. The first-order valence-electron chi connectivity index (χ1n) is 10.8. The number of amides is 2. The highest BCUT2D eigenvalue weighted by Crippen LogP contribution is 2.44. The van der Waals surface area contributed by atoms with Crippen LogP contribution >= 0.6 is 0 Å². The second-order valence-corrected chi connectivity index (χ2v) is 7.92. The fourth-order valence-corrected chi connectivity index (χ4v) is 4.14. The predicted octanol–water partition coefficient (Wildman–Crippen LogP) is 4.39. The SMILES string of the molecule is C#CCC(NC(=O)OCC1c2ccccc2-c2ccccc21)C(=O)Nc1cc(F)ccc1C(=O)O. The minimum absolute atomic E-state index is 0.0390. The van der Waals surface area contributed by atoms with Gasteiger partial charge in [0.05, 0.1) is 11.3 Å². The van der Waals surface area contributed by atoms with Crippen molar-refractivity contribution in [3.8, 4) is 23.5 Å². The molecule has 3 N–H and O–H groups in total. The van der Waals surface area contributed by atoms with Crippen LogP contribution in [0.2, 0.25) is 0 Å². The molecule has 3 aromatic carbocycles. The number of aromatic carboxylic acids is 1. The molecule has 1 aliphatic carbocycles. The van der Waals surface area contributed by atoms with Crippen molar-refractivity contribution in [2.24, 2.45) is 0 Å². The summed E-state index contributed by atoms with van der Waals surface area (Å²) in [6.45, 7) is 0.0390. The molecule has 0 radical (unpaired) electrons. The number of hydrogen-bond donors (Lipinski definition) is 3. The average molecular weight is 472 g/mol. The number of benzene rings is 3. The Hall–Kier alpha value is -4.64. The van der Waals surface area contributed by atoms with Crippen LogP contribution in [-0.2, 0) is 9.53 Å². The van der Waals surface area contributed by atoms with E-state index in [1.807, 2.05) is 48.5 Å². The third-order valence-electron chi connectivity index (χ3n) is 5.74. The van der Waals surface area contributed by atoms with Crippen molar-refractivity contribution in [1.29, 1.82) is 0 Å². The van der Waals surface area contributed by atoms with Crippen LogP contribution in [0, 0.1) is 18.2 Å². The maximum atomic E-state index is 13.6. The van der Waals surface area contributed by atoms with Gasteiger partial charge < -0.3 is 20.5 Å². The first-order chi connectivity index (χ1) is 16.9. The van der Waals surface area contributed by atoms with Gasteiger partial charge in [-0.1, -0.05) is 48.5 Å². The molecule has 3 aromatic rings. The van der Waals surface area contributed by atoms with E-state index in [2.05, 4.69) is 16.6 Å². The predicted molar refractivity (Wildman–Crippen MR) is 127 cm³/mol. The molecule has 0 spiro atoms. The summed E-state index contributed by atoms with van der Waals surface area (Å²) in [5.41, 5.74) is 3.66. The quantitative estimate of drug-likeness (QED) is 0.443. The smallest absolute Gasteiger partial charge is 0.407 e. The molecule has 7 nitrogen and oxygen atoms in total. The van der Waals surface area contributed by atoms with Gasteiger partial charge in [-0.15, -0.1) is 12.3 Å². The molecular weight excluding hydrogens is 451 g/mol. The summed E-state index contributed by atoms with van der Waals surface area (Å²) < 4.78 is 19.1. The number of carboxylic acid groups (broad SMARTS) is 1. The molecule has 1 unspecified atom stereocenters. The molecule has 4 rings (SSSR count). The summed E-state index contributed by atoms with van der Waals surface area (Å²) >= 11 is 0. The van der Waals surface area contributed by atoms with Gasteiger partial charge in [-0.05, 0) is 40.5 Å². The third-order valence-corrected chi connectivity index (χ3v) is 5.74. The number of ether oxygens (including phenoxy) is 1. The Bertz CT molecular complexity index is 1300. The minimum atomic E-state index is -1.35. The summed E-state index contributed by atoms with van der Waals surface area (Å²) in [6.07, 6.45) is 4.29. The summed E-state index contributed by atoms with van der Waals surface area (Å²) in [4.78, 5) is 36.7. The lowest BCUT2D eigenvalue weighted by atomic mass is 9.98. The number of terminal acetylenes is 1. The molecule has 8 heteroatoms. The van der Waals surface area contributed by atoms with Crippen molar-refractivity contribution < 1.29 is 28.6 Å². The maximum absolute atomic E-state index is 13.6. The highest BCUT2D eigenvalue weighted by Gasteiger charge is 2.30. The van der Waals surface area contributed by atoms with Crippen molar-refractivity contribution in [2.45, 2.75) is 18.4 Å². The lowest BCUT2D eigenvalue weighted by Crippen LogP contribution is -2.44. The zero-order valence-corrected chi connectivity index (χ0v) is 18.5. The van der Waals surface area contributed by atoms with Gasteiger partial charge in [0.15, 0.2) is 0 Å². The van der Waals surface area contributed by atoms with E-state index in [4.69, 9.17) is 11.2 Å². The van der Waals surface area contributed by atoms with Gasteiger partial charge in [0.25, 0.3) is 0 Å². The monoisotopic (exact) mass is 472 g/mol. The molecule has 0 saturated carbocycles. The average Bonchev–Trinajstić information content (AvgIpc) is 3.16. The van der Waals surface area contributed by atoms with E-state index in [9.17, 15) is 23.9 Å². The molecule has 2 amide bonds. The maximum Gasteiger partial charge on any atom is 0.407 e. The minimum Gasteiger partial charge on any atom is -0.478 e. The zero-order chi connectivity index (χ0) is 24.9. The zero-order valence-electron chi connectivity index (χ0n) is 18.5. The van der Waals surface area contributed by atoms with E-state index in [0.29, 0.717) is 0 Å². The Morgan fingerprint density at radius 2 is 1.66 bits per heavy atom. The molecule has 1 aliphatic rings. The first kappa shape index (κ1) is 23.5. The summed E-state index contributed by atoms with van der Waals surface area (Å²) in [6, 6.07) is 17.4. The highest BCUT2D eigenvalue weighted by molar-refractivity contribution is 6.03.